The van der Waals surface area contributed by atoms with E-state index >= 15 is 0 Å². The van der Waals surface area contributed by atoms with Crippen LogP contribution in [-0.2, 0) is 4.74 Å². The lowest BCUT2D eigenvalue weighted by atomic mass is 10.1. The van der Waals surface area contributed by atoms with E-state index in [-0.39, 0.29) is 17.9 Å². The van der Waals surface area contributed by atoms with E-state index < -0.39 is 6.10 Å². The normalized spacial score (nSPS) is 21.6. The van der Waals surface area contributed by atoms with Crippen LogP contribution in [0, 0.1) is 0 Å². The molecule has 2 fully saturated rings. The molecule has 2 aliphatic heterocycles. The summed E-state index contributed by atoms with van der Waals surface area (Å²) in [7, 11) is 0. The van der Waals surface area contributed by atoms with E-state index in [0.717, 1.165) is 0 Å². The van der Waals surface area contributed by atoms with Crippen LogP contribution < -0.4 is 4.90 Å². The van der Waals surface area contributed by atoms with E-state index in [0.29, 0.717) is 67.8 Å². The van der Waals surface area contributed by atoms with Crippen molar-refractivity contribution in [3.05, 3.63) is 58.7 Å². The van der Waals surface area contributed by atoms with Gasteiger partial charge in [-0.3, -0.25) is 9.69 Å². The number of β-amino-alcohol motifs (C(OH)–C–C–N with tert-alkyl or cyclic N) is 1. The van der Waals surface area contributed by atoms with Gasteiger partial charge in [-0.25, -0.2) is 9.78 Å². The number of likely N-dealkylation sites (tertiary alicyclic amines) is 1. The second-order valence-corrected chi connectivity index (χ2v) is 8.41. The van der Waals surface area contributed by atoms with Gasteiger partial charge in [-0.15, -0.1) is 0 Å². The molecule has 0 saturated carbocycles. The SMILES string of the molecule is CCOC(=O)c1cccnc1N1CCN([C@@H]2CN(C(=O)c3ccc(Cl)cc3)C[C@H]2O)CC1. The molecule has 32 heavy (non-hydrogen) atoms. The maximum Gasteiger partial charge on any atom is 0.341 e. The molecule has 0 aliphatic carbocycles. The molecular formula is C23H27ClN4O4. The highest BCUT2D eigenvalue weighted by molar-refractivity contribution is 6.30. The van der Waals surface area contributed by atoms with Gasteiger partial charge in [-0.1, -0.05) is 11.6 Å². The number of amides is 1. The summed E-state index contributed by atoms with van der Waals surface area (Å²) in [4.78, 5) is 35.5. The highest BCUT2D eigenvalue weighted by Crippen LogP contribution is 2.24. The van der Waals surface area contributed by atoms with Crippen LogP contribution in [-0.4, -0.2) is 89.8 Å². The van der Waals surface area contributed by atoms with Gasteiger partial charge in [0.05, 0.1) is 18.8 Å². The third kappa shape index (κ3) is 4.72. The van der Waals surface area contributed by atoms with Crippen molar-refractivity contribution < 1.29 is 19.4 Å². The molecule has 2 aromatic rings. The van der Waals surface area contributed by atoms with Crippen molar-refractivity contribution in [3.63, 3.8) is 0 Å². The van der Waals surface area contributed by atoms with E-state index in [1.54, 1.807) is 54.4 Å². The first kappa shape index (κ1) is 22.5. The van der Waals surface area contributed by atoms with Gasteiger partial charge < -0.3 is 19.6 Å². The van der Waals surface area contributed by atoms with Crippen molar-refractivity contribution in [2.45, 2.75) is 19.1 Å². The molecule has 0 unspecified atom stereocenters. The molecule has 4 rings (SSSR count). The average molecular weight is 459 g/mol. The largest absolute Gasteiger partial charge is 0.462 e. The average Bonchev–Trinajstić information content (AvgIpc) is 3.21. The van der Waals surface area contributed by atoms with Crippen LogP contribution >= 0.6 is 11.6 Å². The lowest BCUT2D eigenvalue weighted by Gasteiger charge is -2.39. The van der Waals surface area contributed by atoms with Gasteiger partial charge >= 0.3 is 5.97 Å². The quantitative estimate of drug-likeness (QED) is 0.685. The fraction of sp³-hybridized carbons (Fsp3) is 0.435. The number of hydrogen-bond donors (Lipinski definition) is 1. The van der Waals surface area contributed by atoms with Gasteiger partial charge in [-0.2, -0.15) is 0 Å². The van der Waals surface area contributed by atoms with Crippen LogP contribution in [0.15, 0.2) is 42.6 Å². The zero-order chi connectivity index (χ0) is 22.7. The fourth-order valence-corrected chi connectivity index (χ4v) is 4.48. The summed E-state index contributed by atoms with van der Waals surface area (Å²) in [5, 5.41) is 11.2. The molecule has 9 heteroatoms. The Balaban J connectivity index is 1.38. The molecule has 1 amide bonds. The Hall–Kier alpha value is -2.68. The summed E-state index contributed by atoms with van der Waals surface area (Å²) < 4.78 is 5.16. The third-order valence-corrected chi connectivity index (χ3v) is 6.25. The number of hydrogen-bond acceptors (Lipinski definition) is 7. The number of aromatic nitrogens is 1. The van der Waals surface area contributed by atoms with Crippen LogP contribution in [0.4, 0.5) is 5.82 Å². The molecule has 0 spiro atoms. The van der Waals surface area contributed by atoms with Gasteiger partial charge in [0.1, 0.15) is 11.4 Å². The molecular weight excluding hydrogens is 432 g/mol. The van der Waals surface area contributed by atoms with Gasteiger partial charge in [0.25, 0.3) is 5.91 Å². The second-order valence-electron chi connectivity index (χ2n) is 7.97. The highest BCUT2D eigenvalue weighted by atomic mass is 35.5. The molecule has 2 saturated heterocycles. The van der Waals surface area contributed by atoms with Crippen molar-refractivity contribution in [2.24, 2.45) is 0 Å². The summed E-state index contributed by atoms with van der Waals surface area (Å²) in [5.41, 5.74) is 1.03. The molecule has 0 bridgehead atoms. The number of carbonyl (C=O) groups is 2. The number of benzene rings is 1. The second kappa shape index (κ2) is 9.85. The predicted molar refractivity (Wildman–Crippen MR) is 121 cm³/mol. The number of nitrogens with zero attached hydrogens (tertiary/aromatic N) is 4. The van der Waals surface area contributed by atoms with Crippen molar-refractivity contribution in [1.82, 2.24) is 14.8 Å². The first-order valence-corrected chi connectivity index (χ1v) is 11.2. The first-order chi connectivity index (χ1) is 15.5. The minimum absolute atomic E-state index is 0.102. The number of esters is 1. The van der Waals surface area contributed by atoms with Crippen molar-refractivity contribution in [3.8, 4) is 0 Å². The molecule has 2 aliphatic rings. The Kier molecular flexibility index (Phi) is 6.93. The molecule has 2 atom stereocenters. The van der Waals surface area contributed by atoms with Crippen molar-refractivity contribution >= 4 is 29.3 Å². The smallest absolute Gasteiger partial charge is 0.341 e. The van der Waals surface area contributed by atoms with Gasteiger partial charge in [-0.05, 0) is 43.3 Å². The topological polar surface area (TPSA) is 86.2 Å². The molecule has 8 nitrogen and oxygen atoms in total. The highest BCUT2D eigenvalue weighted by Gasteiger charge is 2.39. The van der Waals surface area contributed by atoms with Crippen LogP contribution in [0.25, 0.3) is 0 Å². The molecule has 1 aromatic heterocycles. The third-order valence-electron chi connectivity index (χ3n) is 6.00. The maximum atomic E-state index is 12.8. The number of carbonyl (C=O) groups excluding carboxylic acids is 2. The number of ether oxygens (including phenoxy) is 1. The van der Waals surface area contributed by atoms with E-state index in [2.05, 4.69) is 14.8 Å². The van der Waals surface area contributed by atoms with Gasteiger partial charge in [0.2, 0.25) is 0 Å². The van der Waals surface area contributed by atoms with Crippen molar-refractivity contribution in [2.75, 3.05) is 50.8 Å². The molecule has 0 radical (unpaired) electrons. The summed E-state index contributed by atoms with van der Waals surface area (Å²) >= 11 is 5.92. The Bertz CT molecular complexity index is 963. The summed E-state index contributed by atoms with van der Waals surface area (Å²) in [6.07, 6.45) is 1.06. The van der Waals surface area contributed by atoms with Crippen LogP contribution in [0.5, 0.6) is 0 Å². The number of halogens is 1. The summed E-state index contributed by atoms with van der Waals surface area (Å²) in [6, 6.07) is 10.1. The first-order valence-electron chi connectivity index (χ1n) is 10.8. The Morgan fingerprint density at radius 2 is 1.84 bits per heavy atom. The predicted octanol–water partition coefficient (Wildman–Crippen LogP) is 1.92. The number of piperazine rings is 1. The zero-order valence-electron chi connectivity index (χ0n) is 18.0. The Morgan fingerprint density at radius 1 is 1.12 bits per heavy atom. The molecule has 1 N–H and O–H groups in total. The number of pyridine rings is 1. The molecule has 170 valence electrons. The Morgan fingerprint density at radius 3 is 2.53 bits per heavy atom. The van der Waals surface area contributed by atoms with E-state index in [4.69, 9.17) is 16.3 Å². The standard InChI is InChI=1S/C23H27ClN4O4/c1-2-32-23(31)18-4-3-9-25-21(18)27-12-10-26(11-13-27)19-14-28(15-20(19)29)22(30)16-5-7-17(24)8-6-16/h3-9,19-20,29H,2,10-15H2,1H3/t19-,20-/m1/s1. The van der Waals surface area contributed by atoms with Crippen LogP contribution in [0.3, 0.4) is 0 Å². The van der Waals surface area contributed by atoms with Crippen LogP contribution in [0.2, 0.25) is 5.02 Å². The monoisotopic (exact) mass is 458 g/mol. The number of anilines is 1. The van der Waals surface area contributed by atoms with Gasteiger partial charge in [0, 0.05) is 56.1 Å². The number of aliphatic hydroxyl groups is 1. The maximum absolute atomic E-state index is 12.8. The Labute approximate surface area is 192 Å². The summed E-state index contributed by atoms with van der Waals surface area (Å²) in [6.45, 7) is 5.59. The zero-order valence-corrected chi connectivity index (χ0v) is 18.7. The summed E-state index contributed by atoms with van der Waals surface area (Å²) in [5.74, 6) is 0.145. The number of rotatable bonds is 5. The van der Waals surface area contributed by atoms with Crippen LogP contribution in [0.1, 0.15) is 27.6 Å². The van der Waals surface area contributed by atoms with Gasteiger partial charge in [0.15, 0.2) is 0 Å². The minimum Gasteiger partial charge on any atom is -0.462 e. The lowest BCUT2D eigenvalue weighted by Crippen LogP contribution is -2.54. The molecule has 3 heterocycles. The van der Waals surface area contributed by atoms with E-state index in [1.165, 1.54) is 0 Å². The fourth-order valence-electron chi connectivity index (χ4n) is 4.35. The van der Waals surface area contributed by atoms with E-state index in [1.807, 2.05) is 0 Å². The molecule has 1 aromatic carbocycles. The lowest BCUT2D eigenvalue weighted by molar-refractivity contribution is 0.0526. The van der Waals surface area contributed by atoms with E-state index in [9.17, 15) is 14.7 Å². The number of aliphatic hydroxyl groups excluding tert-OH is 1. The van der Waals surface area contributed by atoms with Crippen molar-refractivity contribution in [1.29, 1.82) is 0 Å². The minimum atomic E-state index is -0.609.